The van der Waals surface area contributed by atoms with E-state index in [1.807, 2.05) is 0 Å². The van der Waals surface area contributed by atoms with E-state index in [0.29, 0.717) is 62.8 Å². The van der Waals surface area contributed by atoms with Gasteiger partial charge in [-0.1, -0.05) is 35.2 Å². The second-order valence-electron chi connectivity index (χ2n) is 9.12. The van der Waals surface area contributed by atoms with Gasteiger partial charge in [-0.05, 0) is 42.7 Å². The highest BCUT2D eigenvalue weighted by Crippen LogP contribution is 2.47. The molecule has 202 valence electrons. The fourth-order valence-electron chi connectivity index (χ4n) is 4.94. The third-order valence-corrected chi connectivity index (χ3v) is 8.73. The van der Waals surface area contributed by atoms with E-state index in [4.69, 9.17) is 15.2 Å². The number of nitriles is 1. The van der Waals surface area contributed by atoms with Gasteiger partial charge in [-0.15, -0.1) is 10.2 Å². The summed E-state index contributed by atoms with van der Waals surface area (Å²) in [4.78, 5) is 27.4. The van der Waals surface area contributed by atoms with Crippen molar-refractivity contribution in [1.29, 1.82) is 5.26 Å². The summed E-state index contributed by atoms with van der Waals surface area (Å²) in [6, 6.07) is 13.1. The van der Waals surface area contributed by atoms with Gasteiger partial charge in [-0.25, -0.2) is 4.39 Å². The molecule has 13 heteroatoms. The second kappa shape index (κ2) is 10.6. The normalized spacial score (nSPS) is 18.1. The minimum Gasteiger partial charge on any atom is -0.454 e. The van der Waals surface area contributed by atoms with Crippen LogP contribution in [0.15, 0.2) is 69.5 Å². The van der Waals surface area contributed by atoms with Crippen molar-refractivity contribution in [3.8, 4) is 17.6 Å². The van der Waals surface area contributed by atoms with Crippen LogP contribution in [0.5, 0.6) is 11.5 Å². The molecule has 3 N–H and O–H groups in total. The third kappa shape index (κ3) is 4.76. The number of nitrogens with zero attached hydrogens (tertiary/aromatic N) is 4. The van der Waals surface area contributed by atoms with E-state index in [0.717, 1.165) is 0 Å². The molecule has 1 unspecified atom stereocenters. The number of rotatable bonds is 6. The highest BCUT2D eigenvalue weighted by atomic mass is 32.2. The topological polar surface area (TPSA) is 143 Å². The van der Waals surface area contributed by atoms with Gasteiger partial charge in [-0.2, -0.15) is 5.26 Å². The number of hydrogen-bond acceptors (Lipinski definition) is 11. The lowest BCUT2D eigenvalue weighted by atomic mass is 9.76. The Kier molecular flexibility index (Phi) is 6.87. The Hall–Kier alpha value is -4.41. The van der Waals surface area contributed by atoms with Crippen molar-refractivity contribution in [1.82, 2.24) is 10.2 Å². The van der Waals surface area contributed by atoms with Crippen molar-refractivity contribution in [3.05, 3.63) is 76.5 Å². The molecule has 0 saturated heterocycles. The zero-order chi connectivity index (χ0) is 27.8. The summed E-state index contributed by atoms with van der Waals surface area (Å²) in [6.07, 6.45) is 1.52. The van der Waals surface area contributed by atoms with E-state index in [2.05, 4.69) is 21.6 Å². The Morgan fingerprint density at radius 2 is 2.00 bits per heavy atom. The molecule has 1 aliphatic carbocycles. The Morgan fingerprint density at radius 1 is 1.20 bits per heavy atom. The molecule has 6 rings (SSSR count). The third-order valence-electron chi connectivity index (χ3n) is 6.69. The molecule has 1 aromatic heterocycles. The molecule has 2 aliphatic heterocycles. The van der Waals surface area contributed by atoms with Crippen molar-refractivity contribution in [2.75, 3.05) is 22.8 Å². The lowest BCUT2D eigenvalue weighted by Crippen LogP contribution is -2.38. The molecule has 10 nitrogen and oxygen atoms in total. The van der Waals surface area contributed by atoms with E-state index >= 15 is 0 Å². The highest BCUT2D eigenvalue weighted by Gasteiger charge is 2.41. The lowest BCUT2D eigenvalue weighted by molar-refractivity contribution is -0.116. The number of ketones is 1. The number of nitrogens with one attached hydrogen (secondary N) is 1. The maximum absolute atomic E-state index is 13.6. The molecule has 0 spiro atoms. The van der Waals surface area contributed by atoms with Crippen molar-refractivity contribution in [3.63, 3.8) is 0 Å². The first kappa shape index (κ1) is 25.8. The van der Waals surface area contributed by atoms with Crippen LogP contribution in [0.1, 0.15) is 30.7 Å². The van der Waals surface area contributed by atoms with Gasteiger partial charge in [0.15, 0.2) is 21.6 Å². The summed E-state index contributed by atoms with van der Waals surface area (Å²) in [5.41, 5.74) is 9.06. The van der Waals surface area contributed by atoms with E-state index in [9.17, 15) is 19.2 Å². The van der Waals surface area contributed by atoms with Crippen molar-refractivity contribution >= 4 is 45.6 Å². The lowest BCUT2D eigenvalue weighted by Gasteiger charge is -2.38. The second-order valence-corrected chi connectivity index (χ2v) is 11.3. The number of amides is 1. The first-order valence-corrected chi connectivity index (χ1v) is 14.1. The van der Waals surface area contributed by atoms with Crippen LogP contribution in [0.4, 0.5) is 15.2 Å². The van der Waals surface area contributed by atoms with Crippen LogP contribution in [-0.2, 0) is 9.59 Å². The first-order chi connectivity index (χ1) is 19.4. The summed E-state index contributed by atoms with van der Waals surface area (Å²) in [7, 11) is 0. The largest absolute Gasteiger partial charge is 0.454 e. The average molecular weight is 577 g/mol. The van der Waals surface area contributed by atoms with Gasteiger partial charge in [0.25, 0.3) is 0 Å². The molecule has 0 bridgehead atoms. The van der Waals surface area contributed by atoms with Crippen LogP contribution in [0.25, 0.3) is 0 Å². The summed E-state index contributed by atoms with van der Waals surface area (Å²) in [5.74, 6) is 0.00152. The number of anilines is 2. The van der Waals surface area contributed by atoms with Crippen LogP contribution < -0.4 is 25.4 Å². The summed E-state index contributed by atoms with van der Waals surface area (Å²) in [5, 5.41) is 21.8. The number of Topliss-reactive ketones (excluding diaryl/α,β-unsaturated/α-hetero) is 1. The zero-order valence-electron chi connectivity index (χ0n) is 20.8. The Balaban J connectivity index is 1.23. The number of nitrogens with two attached hydrogens (primary N) is 1. The molecule has 1 atom stereocenters. The van der Waals surface area contributed by atoms with Crippen LogP contribution in [-0.4, -0.2) is 34.4 Å². The van der Waals surface area contributed by atoms with Gasteiger partial charge in [0, 0.05) is 29.4 Å². The fraction of sp³-hybridized carbons (Fsp3) is 0.222. The van der Waals surface area contributed by atoms with Gasteiger partial charge < -0.3 is 20.5 Å². The monoisotopic (exact) mass is 576 g/mol. The number of aromatic nitrogens is 2. The summed E-state index contributed by atoms with van der Waals surface area (Å²) in [6.45, 7) is 0.147. The van der Waals surface area contributed by atoms with Crippen LogP contribution in [0.3, 0.4) is 0 Å². The number of halogens is 1. The fourth-order valence-corrected chi connectivity index (χ4v) is 6.62. The number of thioether (sulfide) groups is 1. The Labute approximate surface area is 236 Å². The van der Waals surface area contributed by atoms with Gasteiger partial charge in [-0.3, -0.25) is 14.5 Å². The molecule has 3 heterocycles. The molecule has 1 amide bonds. The molecule has 0 saturated carbocycles. The molecule has 0 fully saturated rings. The van der Waals surface area contributed by atoms with E-state index in [1.165, 1.54) is 35.2 Å². The number of carbonyl (C=O) groups is 2. The molecule has 40 heavy (non-hydrogen) atoms. The van der Waals surface area contributed by atoms with Gasteiger partial charge >= 0.3 is 0 Å². The minimum absolute atomic E-state index is 0.0803. The van der Waals surface area contributed by atoms with Crippen molar-refractivity contribution in [2.45, 2.75) is 29.5 Å². The van der Waals surface area contributed by atoms with Gasteiger partial charge in [0.2, 0.25) is 17.8 Å². The first-order valence-electron chi connectivity index (χ1n) is 12.3. The maximum atomic E-state index is 13.6. The standard InChI is InChI=1S/C27H21FN6O4S2/c28-15-6-4-14(5-7-15)23-17(11-29)25(30)34(18-2-1-3-19(35)24(18)23)26-32-33-27(40-26)39-12-22(36)31-16-8-9-20-21(10-16)38-13-37-20/h4-10,23H,1-3,12-13,30H2,(H,31,36). The molecule has 0 radical (unpaired) electrons. The van der Waals surface area contributed by atoms with E-state index in [-0.39, 0.29) is 35.6 Å². The molecule has 2 aromatic carbocycles. The SMILES string of the molecule is N#CC1=C(N)N(c2nnc(SCC(=O)Nc3ccc4c(c3)OCO4)s2)C2=C(C(=O)CCC2)C1c1ccc(F)cc1. The predicted molar refractivity (Wildman–Crippen MR) is 146 cm³/mol. The quantitative estimate of drug-likeness (QED) is 0.404. The van der Waals surface area contributed by atoms with E-state index in [1.54, 1.807) is 35.2 Å². The number of allylic oxidation sites excluding steroid dienone is 3. The highest BCUT2D eigenvalue weighted by molar-refractivity contribution is 8.01. The van der Waals surface area contributed by atoms with Gasteiger partial charge in [0.05, 0.1) is 23.3 Å². The Bertz CT molecular complexity index is 1630. The molecular weight excluding hydrogens is 555 g/mol. The smallest absolute Gasteiger partial charge is 0.234 e. The minimum atomic E-state index is -0.689. The number of benzene rings is 2. The number of ether oxygens (including phenoxy) is 2. The van der Waals surface area contributed by atoms with Crippen LogP contribution >= 0.6 is 23.1 Å². The van der Waals surface area contributed by atoms with Crippen molar-refractivity contribution in [2.24, 2.45) is 5.73 Å². The maximum Gasteiger partial charge on any atom is 0.234 e. The van der Waals surface area contributed by atoms with Gasteiger partial charge in [0.1, 0.15) is 11.6 Å². The molecular formula is C27H21FN6O4S2. The number of fused-ring (bicyclic) bond motifs is 1. The Morgan fingerprint density at radius 3 is 2.80 bits per heavy atom. The summed E-state index contributed by atoms with van der Waals surface area (Å²) < 4.78 is 24.8. The van der Waals surface area contributed by atoms with Crippen LogP contribution in [0, 0.1) is 17.1 Å². The van der Waals surface area contributed by atoms with Crippen LogP contribution in [0.2, 0.25) is 0 Å². The molecule has 3 aliphatic rings. The predicted octanol–water partition coefficient (Wildman–Crippen LogP) is 4.44. The zero-order valence-corrected chi connectivity index (χ0v) is 22.5. The van der Waals surface area contributed by atoms with E-state index < -0.39 is 11.7 Å². The average Bonchev–Trinajstić information content (AvgIpc) is 3.61. The van der Waals surface area contributed by atoms with Crippen molar-refractivity contribution < 1.29 is 23.5 Å². The summed E-state index contributed by atoms with van der Waals surface area (Å²) >= 11 is 2.41. The number of carbonyl (C=O) groups excluding carboxylic acids is 2. The number of hydrogen-bond donors (Lipinski definition) is 2. The molecule has 3 aromatic rings.